The second kappa shape index (κ2) is 9.61. The van der Waals surface area contributed by atoms with Crippen molar-refractivity contribution >= 4 is 50.3 Å². The van der Waals surface area contributed by atoms with Crippen molar-refractivity contribution in [2.24, 2.45) is 0 Å². The van der Waals surface area contributed by atoms with Gasteiger partial charge in [-0.3, -0.25) is 15.1 Å². The van der Waals surface area contributed by atoms with E-state index in [1.54, 1.807) is 37.1 Å². The highest BCUT2D eigenvalue weighted by Crippen LogP contribution is 2.31. The molecular formula is C22H21N7O2S2. The molecule has 9 nitrogen and oxygen atoms in total. The highest BCUT2D eigenvalue weighted by Gasteiger charge is 2.14. The van der Waals surface area contributed by atoms with Crippen LogP contribution in [0, 0.1) is 6.92 Å². The quantitative estimate of drug-likeness (QED) is 0.424. The molecule has 1 aliphatic rings. The number of morpholine rings is 1. The molecule has 0 radical (unpaired) electrons. The first-order chi connectivity index (χ1) is 16.1. The van der Waals surface area contributed by atoms with Gasteiger partial charge in [-0.05, 0) is 19.1 Å². The summed E-state index contributed by atoms with van der Waals surface area (Å²) in [7, 11) is 0. The van der Waals surface area contributed by atoms with Crippen molar-refractivity contribution in [2.75, 3.05) is 41.8 Å². The minimum Gasteiger partial charge on any atom is -0.378 e. The number of thiazole rings is 2. The lowest BCUT2D eigenvalue weighted by atomic mass is 10.2. The SMILES string of the molecule is Cc1cnc(NC(=O)c2cncc(-c3cnc(Nc4cc(N5CCOCC5)ccn4)s3)c2)s1. The van der Waals surface area contributed by atoms with Crippen LogP contribution in [-0.2, 0) is 4.74 Å². The predicted molar refractivity (Wildman–Crippen MR) is 131 cm³/mol. The number of ether oxygens (including phenoxy) is 1. The van der Waals surface area contributed by atoms with Crippen LogP contribution in [0.25, 0.3) is 10.4 Å². The fourth-order valence-corrected chi connectivity index (χ4v) is 4.83. The third kappa shape index (κ3) is 5.16. The molecule has 0 spiro atoms. The van der Waals surface area contributed by atoms with Gasteiger partial charge in [-0.15, -0.1) is 11.3 Å². The van der Waals surface area contributed by atoms with Gasteiger partial charge in [-0.1, -0.05) is 11.3 Å². The summed E-state index contributed by atoms with van der Waals surface area (Å²) in [5.41, 5.74) is 2.38. The van der Waals surface area contributed by atoms with E-state index in [9.17, 15) is 4.79 Å². The topological polar surface area (TPSA) is 105 Å². The molecule has 0 aliphatic carbocycles. The molecule has 5 heterocycles. The fourth-order valence-electron chi connectivity index (χ4n) is 3.36. The Balaban J connectivity index is 1.29. The van der Waals surface area contributed by atoms with Crippen molar-refractivity contribution in [3.8, 4) is 10.4 Å². The number of nitrogens with one attached hydrogen (secondary N) is 2. The van der Waals surface area contributed by atoms with E-state index < -0.39 is 0 Å². The minimum atomic E-state index is -0.245. The molecule has 0 bridgehead atoms. The Kier molecular flexibility index (Phi) is 6.24. The summed E-state index contributed by atoms with van der Waals surface area (Å²) in [6.45, 7) is 5.14. The Morgan fingerprint density at radius 3 is 2.70 bits per heavy atom. The van der Waals surface area contributed by atoms with Gasteiger partial charge in [0, 0.05) is 66.3 Å². The monoisotopic (exact) mass is 479 g/mol. The first-order valence-electron chi connectivity index (χ1n) is 10.3. The Morgan fingerprint density at radius 1 is 1.03 bits per heavy atom. The third-order valence-corrected chi connectivity index (χ3v) is 6.78. The third-order valence-electron chi connectivity index (χ3n) is 4.99. The van der Waals surface area contributed by atoms with Crippen LogP contribution >= 0.6 is 22.7 Å². The van der Waals surface area contributed by atoms with E-state index >= 15 is 0 Å². The lowest BCUT2D eigenvalue weighted by molar-refractivity contribution is 0.102. The second-order valence-electron chi connectivity index (χ2n) is 7.35. The smallest absolute Gasteiger partial charge is 0.259 e. The zero-order chi connectivity index (χ0) is 22.6. The maximum Gasteiger partial charge on any atom is 0.259 e. The number of rotatable bonds is 6. The summed E-state index contributed by atoms with van der Waals surface area (Å²) in [6.07, 6.45) is 8.55. The molecule has 0 saturated carbocycles. The highest BCUT2D eigenvalue weighted by atomic mass is 32.1. The molecule has 0 aromatic carbocycles. The molecule has 1 aliphatic heterocycles. The minimum absolute atomic E-state index is 0.245. The number of amides is 1. The maximum absolute atomic E-state index is 12.6. The molecule has 5 rings (SSSR count). The van der Waals surface area contributed by atoms with E-state index in [0.717, 1.165) is 53.1 Å². The summed E-state index contributed by atoms with van der Waals surface area (Å²) in [4.78, 5) is 34.1. The standard InChI is InChI=1S/C22H21N7O2S2/c1-14-10-25-22(32-14)28-20(30)16-8-15(11-23-12-16)18-13-26-21(33-18)27-19-9-17(2-3-24-19)29-4-6-31-7-5-29/h2-3,8-13H,4-7H2,1H3,(H,24,26,27)(H,25,28,30). The van der Waals surface area contributed by atoms with Crippen LogP contribution in [0.4, 0.5) is 21.8 Å². The first kappa shape index (κ1) is 21.4. The zero-order valence-corrected chi connectivity index (χ0v) is 19.4. The Labute approximate surface area is 198 Å². The maximum atomic E-state index is 12.6. The number of carbonyl (C=O) groups is 1. The number of aryl methyl sites for hydroxylation is 1. The largest absolute Gasteiger partial charge is 0.378 e. The van der Waals surface area contributed by atoms with Crippen molar-refractivity contribution in [1.82, 2.24) is 19.9 Å². The zero-order valence-electron chi connectivity index (χ0n) is 17.8. The first-order valence-corrected chi connectivity index (χ1v) is 12.0. The Bertz CT molecular complexity index is 1270. The van der Waals surface area contributed by atoms with E-state index in [0.29, 0.717) is 15.8 Å². The normalized spacial score (nSPS) is 13.7. The molecule has 0 atom stereocenters. The van der Waals surface area contributed by atoms with Crippen molar-refractivity contribution in [3.05, 3.63) is 59.6 Å². The number of hydrogen-bond donors (Lipinski definition) is 2. The van der Waals surface area contributed by atoms with Crippen LogP contribution in [0.1, 0.15) is 15.2 Å². The number of hydrogen-bond acceptors (Lipinski definition) is 10. The molecule has 168 valence electrons. The van der Waals surface area contributed by atoms with Gasteiger partial charge in [0.1, 0.15) is 5.82 Å². The lowest BCUT2D eigenvalue weighted by Crippen LogP contribution is -2.36. The second-order valence-corrected chi connectivity index (χ2v) is 9.61. The van der Waals surface area contributed by atoms with Gasteiger partial charge in [0.15, 0.2) is 10.3 Å². The molecular weight excluding hydrogens is 458 g/mol. The molecule has 4 aromatic heterocycles. The Hall–Kier alpha value is -3.41. The summed E-state index contributed by atoms with van der Waals surface area (Å²) in [5.74, 6) is 0.482. The van der Waals surface area contributed by atoms with Crippen molar-refractivity contribution in [3.63, 3.8) is 0 Å². The summed E-state index contributed by atoms with van der Waals surface area (Å²) >= 11 is 2.90. The van der Waals surface area contributed by atoms with Crippen LogP contribution in [-0.4, -0.2) is 52.1 Å². The number of pyridine rings is 2. The van der Waals surface area contributed by atoms with Crippen LogP contribution in [0.3, 0.4) is 0 Å². The average Bonchev–Trinajstić information content (AvgIpc) is 3.48. The Morgan fingerprint density at radius 2 is 1.88 bits per heavy atom. The molecule has 11 heteroatoms. The summed E-state index contributed by atoms with van der Waals surface area (Å²) in [6, 6.07) is 5.82. The molecule has 2 N–H and O–H groups in total. The number of nitrogens with zero attached hydrogens (tertiary/aromatic N) is 5. The molecule has 1 fully saturated rings. The van der Waals surface area contributed by atoms with Gasteiger partial charge >= 0.3 is 0 Å². The molecule has 0 unspecified atom stereocenters. The number of carbonyl (C=O) groups excluding carboxylic acids is 1. The molecule has 1 amide bonds. The summed E-state index contributed by atoms with van der Waals surface area (Å²) in [5, 5.41) is 7.37. The highest BCUT2D eigenvalue weighted by molar-refractivity contribution is 7.19. The number of anilines is 4. The van der Waals surface area contributed by atoms with Crippen molar-refractivity contribution < 1.29 is 9.53 Å². The van der Waals surface area contributed by atoms with Crippen molar-refractivity contribution in [2.45, 2.75) is 6.92 Å². The van der Waals surface area contributed by atoms with Gasteiger partial charge in [0.2, 0.25) is 0 Å². The van der Waals surface area contributed by atoms with E-state index in [1.165, 1.54) is 22.7 Å². The van der Waals surface area contributed by atoms with E-state index in [1.807, 2.05) is 19.1 Å². The lowest BCUT2D eigenvalue weighted by Gasteiger charge is -2.28. The van der Waals surface area contributed by atoms with Crippen LogP contribution < -0.4 is 15.5 Å². The van der Waals surface area contributed by atoms with E-state index in [4.69, 9.17) is 4.74 Å². The van der Waals surface area contributed by atoms with Gasteiger partial charge in [0.25, 0.3) is 5.91 Å². The van der Waals surface area contributed by atoms with Crippen LogP contribution in [0.15, 0.2) is 49.2 Å². The molecule has 4 aromatic rings. The van der Waals surface area contributed by atoms with Gasteiger partial charge < -0.3 is 15.0 Å². The van der Waals surface area contributed by atoms with Crippen molar-refractivity contribution in [1.29, 1.82) is 0 Å². The van der Waals surface area contributed by atoms with Gasteiger partial charge in [0.05, 0.1) is 23.7 Å². The molecule has 33 heavy (non-hydrogen) atoms. The molecule has 1 saturated heterocycles. The predicted octanol–water partition coefficient (Wildman–Crippen LogP) is 4.20. The van der Waals surface area contributed by atoms with Crippen LogP contribution in [0.2, 0.25) is 0 Å². The number of aromatic nitrogens is 4. The van der Waals surface area contributed by atoms with Gasteiger partial charge in [-0.25, -0.2) is 15.0 Å². The van der Waals surface area contributed by atoms with E-state index in [2.05, 4.69) is 35.5 Å². The summed E-state index contributed by atoms with van der Waals surface area (Å²) < 4.78 is 5.43. The van der Waals surface area contributed by atoms with Crippen LogP contribution in [0.5, 0.6) is 0 Å². The fraction of sp³-hybridized carbons (Fsp3) is 0.227. The van der Waals surface area contributed by atoms with Gasteiger partial charge in [-0.2, -0.15) is 0 Å². The average molecular weight is 480 g/mol. The van der Waals surface area contributed by atoms with E-state index in [-0.39, 0.29) is 5.91 Å².